The lowest BCUT2D eigenvalue weighted by Gasteiger charge is -2.18. The van der Waals surface area contributed by atoms with Gasteiger partial charge < -0.3 is 14.7 Å². The van der Waals surface area contributed by atoms with E-state index in [1.165, 1.54) is 17.0 Å². The summed E-state index contributed by atoms with van der Waals surface area (Å²) >= 11 is 0. The van der Waals surface area contributed by atoms with Gasteiger partial charge in [0.25, 0.3) is 5.91 Å². The first-order valence-electron chi connectivity index (χ1n) is 8.45. The van der Waals surface area contributed by atoms with Crippen LogP contribution in [0.15, 0.2) is 66.7 Å². The number of aromatic hydroxyl groups is 1. The Labute approximate surface area is 157 Å². The molecular weight excluding hydrogens is 345 g/mol. The molecule has 5 heteroatoms. The Morgan fingerprint density at radius 1 is 1.00 bits per heavy atom. The van der Waals surface area contributed by atoms with Crippen molar-refractivity contribution in [2.75, 3.05) is 14.2 Å². The van der Waals surface area contributed by atoms with Crippen LogP contribution in [0.3, 0.4) is 0 Å². The van der Waals surface area contributed by atoms with Crippen LogP contribution < -0.4 is 4.74 Å². The van der Waals surface area contributed by atoms with E-state index in [9.17, 15) is 14.3 Å². The normalized spacial score (nSPS) is 10.5. The van der Waals surface area contributed by atoms with Crippen molar-refractivity contribution >= 4 is 5.91 Å². The predicted octanol–water partition coefficient (Wildman–Crippen LogP) is 4.48. The number of ether oxygens (including phenoxy) is 1. The molecule has 0 fully saturated rings. The molecule has 0 aromatic heterocycles. The minimum atomic E-state index is -0.564. The monoisotopic (exact) mass is 365 g/mol. The highest BCUT2D eigenvalue weighted by molar-refractivity contribution is 5.94. The van der Waals surface area contributed by atoms with E-state index in [-0.39, 0.29) is 11.3 Å². The molecule has 3 aromatic rings. The van der Waals surface area contributed by atoms with Crippen LogP contribution in [0.2, 0.25) is 0 Å². The summed E-state index contributed by atoms with van der Waals surface area (Å²) in [5.74, 6) is -0.0810. The number of carbonyl (C=O) groups excluding carboxylic acids is 1. The van der Waals surface area contributed by atoms with Crippen LogP contribution in [0.1, 0.15) is 15.9 Å². The van der Waals surface area contributed by atoms with Gasteiger partial charge in [-0.3, -0.25) is 4.79 Å². The summed E-state index contributed by atoms with van der Waals surface area (Å²) in [7, 11) is 3.20. The van der Waals surface area contributed by atoms with Crippen molar-refractivity contribution in [3.8, 4) is 22.6 Å². The quantitative estimate of drug-likeness (QED) is 0.725. The Morgan fingerprint density at radius 2 is 1.63 bits per heavy atom. The van der Waals surface area contributed by atoms with Crippen LogP contribution in [0.4, 0.5) is 4.39 Å². The molecule has 1 N–H and O–H groups in total. The fraction of sp³-hybridized carbons (Fsp3) is 0.136. The van der Waals surface area contributed by atoms with Gasteiger partial charge in [0.15, 0.2) is 0 Å². The van der Waals surface area contributed by atoms with Crippen molar-refractivity contribution in [2.45, 2.75) is 6.54 Å². The van der Waals surface area contributed by atoms with Gasteiger partial charge in [0.2, 0.25) is 0 Å². The molecule has 0 spiro atoms. The number of phenolic OH excluding ortho intramolecular Hbond substituents is 1. The molecule has 0 atom stereocenters. The summed E-state index contributed by atoms with van der Waals surface area (Å²) < 4.78 is 19.7. The molecule has 0 bridgehead atoms. The Hall–Kier alpha value is -3.34. The molecule has 0 heterocycles. The van der Waals surface area contributed by atoms with Gasteiger partial charge >= 0.3 is 0 Å². The molecule has 0 aliphatic rings. The van der Waals surface area contributed by atoms with E-state index in [0.29, 0.717) is 12.1 Å². The zero-order valence-corrected chi connectivity index (χ0v) is 15.1. The van der Waals surface area contributed by atoms with Crippen LogP contribution in [0.5, 0.6) is 11.5 Å². The Kier molecular flexibility index (Phi) is 5.41. The lowest BCUT2D eigenvalue weighted by Crippen LogP contribution is -2.27. The number of carbonyl (C=O) groups is 1. The fourth-order valence-corrected chi connectivity index (χ4v) is 2.80. The molecule has 1 amide bonds. The molecule has 0 aliphatic carbocycles. The smallest absolute Gasteiger partial charge is 0.256 e. The third-order valence-electron chi connectivity index (χ3n) is 4.33. The topological polar surface area (TPSA) is 49.8 Å². The van der Waals surface area contributed by atoms with E-state index in [1.54, 1.807) is 56.6 Å². The second-order valence-corrected chi connectivity index (χ2v) is 6.25. The first-order valence-corrected chi connectivity index (χ1v) is 8.45. The van der Waals surface area contributed by atoms with Gasteiger partial charge in [0.1, 0.15) is 17.3 Å². The van der Waals surface area contributed by atoms with Crippen LogP contribution in [0, 0.1) is 5.82 Å². The number of hydrogen-bond donors (Lipinski definition) is 1. The molecule has 0 saturated heterocycles. The second kappa shape index (κ2) is 7.91. The summed E-state index contributed by atoms with van der Waals surface area (Å²) in [6.07, 6.45) is 0. The van der Waals surface area contributed by atoms with Crippen LogP contribution in [-0.4, -0.2) is 30.1 Å². The van der Waals surface area contributed by atoms with Crippen LogP contribution in [0.25, 0.3) is 11.1 Å². The Bertz CT molecular complexity index is 937. The molecule has 0 aliphatic heterocycles. The number of methoxy groups -OCH3 is 1. The van der Waals surface area contributed by atoms with Crippen molar-refractivity contribution in [3.63, 3.8) is 0 Å². The summed E-state index contributed by atoms with van der Waals surface area (Å²) in [4.78, 5) is 14.0. The van der Waals surface area contributed by atoms with Gasteiger partial charge in [-0.1, -0.05) is 30.3 Å². The summed E-state index contributed by atoms with van der Waals surface area (Å²) in [6.45, 7) is 0.318. The molecule has 0 saturated carbocycles. The fourth-order valence-electron chi connectivity index (χ4n) is 2.80. The first kappa shape index (κ1) is 18.5. The number of halogens is 1. The van der Waals surface area contributed by atoms with Gasteiger partial charge in [-0.15, -0.1) is 0 Å². The summed E-state index contributed by atoms with van der Waals surface area (Å²) in [6, 6.07) is 18.4. The number of hydrogen-bond acceptors (Lipinski definition) is 3. The van der Waals surface area contributed by atoms with Crippen molar-refractivity contribution in [3.05, 3.63) is 83.7 Å². The lowest BCUT2D eigenvalue weighted by atomic mass is 10.0. The highest BCUT2D eigenvalue weighted by Crippen LogP contribution is 2.25. The first-order chi connectivity index (χ1) is 13.0. The van der Waals surface area contributed by atoms with E-state index < -0.39 is 11.7 Å². The highest BCUT2D eigenvalue weighted by Gasteiger charge is 2.17. The molecular formula is C22H20FNO3. The zero-order chi connectivity index (χ0) is 19.4. The molecule has 3 aromatic carbocycles. The minimum absolute atomic E-state index is 0.0218. The number of amides is 1. The third kappa shape index (κ3) is 4.26. The molecule has 27 heavy (non-hydrogen) atoms. The number of nitrogens with zero attached hydrogens (tertiary/aromatic N) is 1. The predicted molar refractivity (Wildman–Crippen MR) is 102 cm³/mol. The molecule has 4 nitrogen and oxygen atoms in total. The lowest BCUT2D eigenvalue weighted by molar-refractivity contribution is 0.0780. The SMILES string of the molecule is COc1ccc(-c2ccc(C(=O)N(C)Cc3ccc(O)cc3)c(F)c2)cc1. The van der Waals surface area contributed by atoms with Crippen molar-refractivity contribution in [1.82, 2.24) is 4.90 Å². The van der Waals surface area contributed by atoms with E-state index in [0.717, 1.165) is 16.9 Å². The molecule has 138 valence electrons. The molecule has 0 unspecified atom stereocenters. The van der Waals surface area contributed by atoms with Gasteiger partial charge in [-0.2, -0.15) is 0 Å². The maximum absolute atomic E-state index is 14.6. The zero-order valence-electron chi connectivity index (χ0n) is 15.1. The van der Waals surface area contributed by atoms with E-state index >= 15 is 0 Å². The molecule has 3 rings (SSSR count). The Morgan fingerprint density at radius 3 is 2.22 bits per heavy atom. The van der Waals surface area contributed by atoms with E-state index in [1.807, 2.05) is 12.1 Å². The molecule has 0 radical (unpaired) electrons. The largest absolute Gasteiger partial charge is 0.508 e. The maximum atomic E-state index is 14.6. The summed E-state index contributed by atoms with van der Waals surface area (Å²) in [5.41, 5.74) is 2.39. The number of benzene rings is 3. The average molecular weight is 365 g/mol. The average Bonchev–Trinajstić information content (AvgIpc) is 2.69. The van der Waals surface area contributed by atoms with Gasteiger partial charge in [0, 0.05) is 13.6 Å². The van der Waals surface area contributed by atoms with Crippen LogP contribution in [-0.2, 0) is 6.54 Å². The van der Waals surface area contributed by atoms with E-state index in [2.05, 4.69) is 0 Å². The standard InChI is InChI=1S/C22H20FNO3/c1-24(14-15-3-8-18(25)9-4-15)22(26)20-12-7-17(13-21(20)23)16-5-10-19(27-2)11-6-16/h3-13,25H,14H2,1-2H3. The summed E-state index contributed by atoms with van der Waals surface area (Å²) in [5, 5.41) is 9.33. The highest BCUT2D eigenvalue weighted by atomic mass is 19.1. The van der Waals surface area contributed by atoms with Gasteiger partial charge in [0.05, 0.1) is 12.7 Å². The minimum Gasteiger partial charge on any atom is -0.508 e. The van der Waals surface area contributed by atoms with Crippen molar-refractivity contribution < 1.29 is 19.0 Å². The van der Waals surface area contributed by atoms with Crippen LogP contribution >= 0.6 is 0 Å². The van der Waals surface area contributed by atoms with Crippen molar-refractivity contribution in [2.24, 2.45) is 0 Å². The van der Waals surface area contributed by atoms with Gasteiger partial charge in [-0.05, 0) is 53.1 Å². The Balaban J connectivity index is 1.77. The number of rotatable bonds is 5. The van der Waals surface area contributed by atoms with Crippen molar-refractivity contribution in [1.29, 1.82) is 0 Å². The second-order valence-electron chi connectivity index (χ2n) is 6.25. The number of phenols is 1. The van der Waals surface area contributed by atoms with E-state index in [4.69, 9.17) is 4.74 Å². The maximum Gasteiger partial charge on any atom is 0.256 e. The van der Waals surface area contributed by atoms with Gasteiger partial charge in [-0.25, -0.2) is 4.39 Å². The third-order valence-corrected chi connectivity index (χ3v) is 4.33.